The lowest BCUT2D eigenvalue weighted by Crippen LogP contribution is -2.62. The summed E-state index contributed by atoms with van der Waals surface area (Å²) in [4.78, 5) is 36.2. The van der Waals surface area contributed by atoms with E-state index >= 15 is 0 Å². The molecule has 2 amide bonds. The van der Waals surface area contributed by atoms with Gasteiger partial charge in [0.2, 0.25) is 11.8 Å². The maximum absolute atomic E-state index is 12.3. The highest BCUT2D eigenvalue weighted by Gasteiger charge is 2.57. The van der Waals surface area contributed by atoms with Gasteiger partial charge in [-0.05, 0) is 6.92 Å². The Hall–Kier alpha value is -1.63. The molecular weight excluding hydrogens is 376 g/mol. The molecule has 0 radical (unpaired) electrons. The topological polar surface area (TPSA) is 150 Å². The molecule has 2 heterocycles. The van der Waals surface area contributed by atoms with Crippen molar-refractivity contribution in [3.8, 4) is 0 Å². The van der Waals surface area contributed by atoms with E-state index in [1.807, 2.05) is 0 Å². The number of hydrogen-bond donors (Lipinski definition) is 3. The molecule has 0 aromatic heterocycles. The molecule has 1 fully saturated rings. The third kappa shape index (κ3) is 4.32. The zero-order valence-corrected chi connectivity index (χ0v) is 15.1. The Morgan fingerprint density at radius 2 is 2.12 bits per heavy atom. The van der Waals surface area contributed by atoms with Gasteiger partial charge >= 0.3 is 16.4 Å². The van der Waals surface area contributed by atoms with Crippen LogP contribution in [0.2, 0.25) is 0 Å². The van der Waals surface area contributed by atoms with E-state index in [0.717, 1.165) is 4.90 Å². The minimum absolute atomic E-state index is 0.127. The van der Waals surface area contributed by atoms with Crippen LogP contribution in [0.3, 0.4) is 0 Å². The number of nitrogens with zero attached hydrogens (tertiary/aromatic N) is 1. The fourth-order valence-corrected chi connectivity index (χ4v) is 4.56. The average Bonchev–Trinajstić information content (AvgIpc) is 2.76. The number of carbonyl (C=O) groups excluding carboxylic acids is 2. The molecule has 2 aliphatic heterocycles. The minimum Gasteiger partial charge on any atom is -0.477 e. The molecule has 0 bridgehead atoms. The lowest BCUT2D eigenvalue weighted by molar-refractivity contribution is -0.160. The second-order valence-corrected chi connectivity index (χ2v) is 7.88. The Bertz CT molecular complexity index is 732. The summed E-state index contributed by atoms with van der Waals surface area (Å²) in [6.07, 6.45) is -0.857. The van der Waals surface area contributed by atoms with Gasteiger partial charge in [0.1, 0.15) is 5.70 Å². The molecule has 0 aliphatic carbocycles. The molecule has 25 heavy (non-hydrogen) atoms. The summed E-state index contributed by atoms with van der Waals surface area (Å²) in [5.74, 6) is -2.43. The first-order chi connectivity index (χ1) is 11.5. The quantitative estimate of drug-likeness (QED) is 0.283. The molecule has 1 saturated heterocycles. The van der Waals surface area contributed by atoms with Gasteiger partial charge in [-0.1, -0.05) is 0 Å². The van der Waals surface area contributed by atoms with Gasteiger partial charge < -0.3 is 15.3 Å². The van der Waals surface area contributed by atoms with Crippen molar-refractivity contribution in [1.82, 2.24) is 10.2 Å². The van der Waals surface area contributed by atoms with Gasteiger partial charge in [0.05, 0.1) is 18.1 Å². The van der Waals surface area contributed by atoms with Crippen molar-refractivity contribution >= 4 is 39.9 Å². The van der Waals surface area contributed by atoms with Crippen LogP contribution in [0.4, 0.5) is 0 Å². The monoisotopic (exact) mass is 394 g/mol. The number of amides is 2. The fraction of sp³-hybridized carbons (Fsp3) is 0.615. The van der Waals surface area contributed by atoms with Crippen molar-refractivity contribution in [2.75, 3.05) is 12.3 Å². The maximum atomic E-state index is 12.3. The van der Waals surface area contributed by atoms with E-state index in [-0.39, 0.29) is 18.0 Å². The molecule has 0 spiro atoms. The van der Waals surface area contributed by atoms with Crippen molar-refractivity contribution in [3.63, 3.8) is 0 Å². The van der Waals surface area contributed by atoms with E-state index in [4.69, 9.17) is 4.55 Å². The molecule has 12 heteroatoms. The third-order valence-corrected chi connectivity index (χ3v) is 5.57. The summed E-state index contributed by atoms with van der Waals surface area (Å²) < 4.78 is 34.8. The summed E-state index contributed by atoms with van der Waals surface area (Å²) in [6, 6.07) is -0.529. The minimum atomic E-state index is -4.71. The van der Waals surface area contributed by atoms with Gasteiger partial charge in [0, 0.05) is 30.5 Å². The number of rotatable bonds is 8. The van der Waals surface area contributed by atoms with E-state index < -0.39 is 40.3 Å². The molecule has 0 aromatic carbocycles. The molecule has 2 aliphatic rings. The molecule has 0 aromatic rings. The summed E-state index contributed by atoms with van der Waals surface area (Å²) in [6.45, 7) is 3.05. The van der Waals surface area contributed by atoms with Crippen molar-refractivity contribution in [2.45, 2.75) is 32.4 Å². The second-order valence-electron chi connectivity index (χ2n) is 5.64. The smallest absolute Gasteiger partial charge is 0.397 e. The molecule has 1 unspecified atom stereocenters. The zero-order valence-electron chi connectivity index (χ0n) is 13.5. The van der Waals surface area contributed by atoms with E-state index in [9.17, 15) is 27.9 Å². The van der Waals surface area contributed by atoms with Crippen molar-refractivity contribution < 1.29 is 36.6 Å². The van der Waals surface area contributed by atoms with E-state index in [1.54, 1.807) is 0 Å². The number of nitrogens with one attached hydrogen (secondary N) is 1. The number of carbonyl (C=O) groups is 3. The SMILES string of the molecule is CC(=O)NCCSC1=C(C(=O)O)N2C(=O)[C@@H](C(C)OS(=O)(=O)O)[C@H]2C1. The Balaban J connectivity index is 2.08. The molecule has 140 valence electrons. The highest BCUT2D eigenvalue weighted by molar-refractivity contribution is 8.03. The number of aliphatic carboxylic acids is 1. The van der Waals surface area contributed by atoms with Gasteiger partial charge in [-0.25, -0.2) is 8.98 Å². The number of carboxylic acid groups (broad SMARTS) is 1. The zero-order chi connectivity index (χ0) is 18.9. The Morgan fingerprint density at radius 3 is 2.64 bits per heavy atom. The lowest BCUT2D eigenvalue weighted by atomic mass is 9.83. The van der Waals surface area contributed by atoms with Gasteiger partial charge in [0.25, 0.3) is 0 Å². The molecule has 10 nitrogen and oxygen atoms in total. The van der Waals surface area contributed by atoms with Crippen LogP contribution < -0.4 is 5.32 Å². The van der Waals surface area contributed by atoms with Crippen LogP contribution in [0.1, 0.15) is 20.3 Å². The lowest BCUT2D eigenvalue weighted by Gasteiger charge is -2.45. The summed E-state index contributed by atoms with van der Waals surface area (Å²) >= 11 is 1.22. The normalized spacial score (nSPS) is 24.0. The number of hydrogen-bond acceptors (Lipinski definition) is 7. The Morgan fingerprint density at radius 1 is 1.48 bits per heavy atom. The number of carboxylic acids is 1. The Labute approximate surface area is 148 Å². The van der Waals surface area contributed by atoms with Crippen LogP contribution in [-0.4, -0.2) is 65.2 Å². The summed E-state index contributed by atoms with van der Waals surface area (Å²) in [7, 11) is -4.71. The van der Waals surface area contributed by atoms with Crippen LogP contribution in [0, 0.1) is 5.92 Å². The fourth-order valence-electron chi connectivity index (χ4n) is 3.00. The predicted molar refractivity (Wildman–Crippen MR) is 86.6 cm³/mol. The van der Waals surface area contributed by atoms with Crippen molar-refractivity contribution in [2.24, 2.45) is 5.92 Å². The highest BCUT2D eigenvalue weighted by Crippen LogP contribution is 2.47. The second kappa shape index (κ2) is 7.32. The van der Waals surface area contributed by atoms with Crippen molar-refractivity contribution in [1.29, 1.82) is 0 Å². The average molecular weight is 394 g/mol. The van der Waals surface area contributed by atoms with E-state index in [1.165, 1.54) is 25.6 Å². The molecule has 3 atom stereocenters. The molecule has 0 saturated carbocycles. The third-order valence-electron chi connectivity index (χ3n) is 3.90. The number of thioether (sulfide) groups is 1. The number of fused-ring (bicyclic) bond motifs is 1. The Kier molecular flexibility index (Phi) is 5.76. The molecule has 2 rings (SSSR count). The highest BCUT2D eigenvalue weighted by atomic mass is 32.3. The first-order valence-corrected chi connectivity index (χ1v) is 9.70. The molecular formula is C13H18N2O8S2. The van der Waals surface area contributed by atoms with Gasteiger partial charge in [-0.3, -0.25) is 14.1 Å². The van der Waals surface area contributed by atoms with Crippen LogP contribution >= 0.6 is 11.8 Å². The van der Waals surface area contributed by atoms with E-state index in [0.29, 0.717) is 17.2 Å². The van der Waals surface area contributed by atoms with Crippen LogP contribution in [0.15, 0.2) is 10.6 Å². The maximum Gasteiger partial charge on any atom is 0.397 e. The first-order valence-electron chi connectivity index (χ1n) is 7.35. The summed E-state index contributed by atoms with van der Waals surface area (Å²) in [5.41, 5.74) is -0.127. The standard InChI is InChI=1S/C13H18N2O8S2/c1-6(23-25(20,21)22)10-8-5-9(24-4-3-14-7(2)16)11(13(18)19)15(8)12(10)17/h6,8,10H,3-5H2,1-2H3,(H,14,16)(H,18,19)(H,20,21,22)/t6?,8-,10+/m1/s1. The van der Waals surface area contributed by atoms with Crippen LogP contribution in [0.5, 0.6) is 0 Å². The molecule has 3 N–H and O–H groups in total. The van der Waals surface area contributed by atoms with Crippen LogP contribution in [0.25, 0.3) is 0 Å². The number of β-lactam (4-membered cyclic amide) rings is 1. The van der Waals surface area contributed by atoms with Crippen molar-refractivity contribution in [3.05, 3.63) is 10.6 Å². The summed E-state index contributed by atoms with van der Waals surface area (Å²) in [5, 5.41) is 12.0. The van der Waals surface area contributed by atoms with Crippen LogP contribution in [-0.2, 0) is 29.0 Å². The van der Waals surface area contributed by atoms with Gasteiger partial charge in [-0.2, -0.15) is 8.42 Å². The largest absolute Gasteiger partial charge is 0.477 e. The van der Waals surface area contributed by atoms with E-state index in [2.05, 4.69) is 9.50 Å². The van der Waals surface area contributed by atoms with Gasteiger partial charge in [-0.15, -0.1) is 11.8 Å². The van der Waals surface area contributed by atoms with Gasteiger partial charge in [0.15, 0.2) is 0 Å². The predicted octanol–water partition coefficient (Wildman–Crippen LogP) is -0.409. The first kappa shape index (κ1) is 19.7.